The van der Waals surface area contributed by atoms with Crippen LogP contribution < -0.4 is 9.47 Å². The Morgan fingerprint density at radius 2 is 2.38 bits per heavy atom. The van der Waals surface area contributed by atoms with Crippen molar-refractivity contribution in [3.63, 3.8) is 0 Å². The molecule has 1 unspecified atom stereocenters. The summed E-state index contributed by atoms with van der Waals surface area (Å²) in [6.45, 7) is 2.65. The van der Waals surface area contributed by atoms with Crippen molar-refractivity contribution >= 4 is 11.6 Å². The predicted octanol–water partition coefficient (Wildman–Crippen LogP) is 2.38. The van der Waals surface area contributed by atoms with Crippen LogP contribution in [0, 0.1) is 0 Å². The summed E-state index contributed by atoms with van der Waals surface area (Å²) in [5.74, 6) is 1.46. The lowest BCUT2D eigenvalue weighted by molar-refractivity contribution is 0.272. The Morgan fingerprint density at radius 3 is 3.00 bits per heavy atom. The minimum Gasteiger partial charge on any atom is -0.493 e. The first-order valence-electron chi connectivity index (χ1n) is 5.32. The molecule has 1 aromatic carbocycles. The first-order chi connectivity index (χ1) is 7.69. The number of fused-ring (bicyclic) bond motifs is 1. The van der Waals surface area contributed by atoms with Gasteiger partial charge in [-0.3, -0.25) is 0 Å². The van der Waals surface area contributed by atoms with Gasteiger partial charge >= 0.3 is 0 Å². The summed E-state index contributed by atoms with van der Waals surface area (Å²) in [6.07, 6.45) is 0.802. The molecular weight excluding hydrogens is 228 g/mol. The average Bonchev–Trinajstić information content (AvgIpc) is 2.78. The topological polar surface area (TPSA) is 38.7 Å². The van der Waals surface area contributed by atoms with Crippen molar-refractivity contribution in [3.8, 4) is 11.5 Å². The van der Waals surface area contributed by atoms with E-state index in [0.717, 1.165) is 23.3 Å². The quantitative estimate of drug-likeness (QED) is 0.885. The van der Waals surface area contributed by atoms with Gasteiger partial charge in [-0.1, -0.05) is 18.5 Å². The molecule has 3 nitrogen and oxygen atoms in total. The van der Waals surface area contributed by atoms with Crippen LogP contribution in [-0.2, 0) is 6.42 Å². The molecule has 0 amide bonds. The standard InChI is InChI=1S/C12H15ClO3/c1-7(6-14)9-5-10(15-2)12-8(11(9)13)3-4-16-12/h5,7,14H,3-4,6H2,1-2H3. The lowest BCUT2D eigenvalue weighted by atomic mass is 9.98. The molecule has 0 fully saturated rings. The number of hydrogen-bond acceptors (Lipinski definition) is 3. The Labute approximate surface area is 99.9 Å². The molecule has 88 valence electrons. The van der Waals surface area contributed by atoms with E-state index in [-0.39, 0.29) is 12.5 Å². The van der Waals surface area contributed by atoms with Gasteiger partial charge in [0.25, 0.3) is 0 Å². The van der Waals surface area contributed by atoms with Crippen LogP contribution in [0.3, 0.4) is 0 Å². The van der Waals surface area contributed by atoms with Crippen LogP contribution in [0.2, 0.25) is 5.02 Å². The molecule has 0 spiro atoms. The van der Waals surface area contributed by atoms with E-state index in [2.05, 4.69) is 0 Å². The van der Waals surface area contributed by atoms with Crippen molar-refractivity contribution < 1.29 is 14.6 Å². The Hall–Kier alpha value is -0.930. The maximum absolute atomic E-state index is 9.19. The fourth-order valence-corrected chi connectivity index (χ4v) is 2.36. The van der Waals surface area contributed by atoms with Gasteiger partial charge in [-0.25, -0.2) is 0 Å². The van der Waals surface area contributed by atoms with Gasteiger partial charge < -0.3 is 14.6 Å². The molecule has 0 bridgehead atoms. The van der Waals surface area contributed by atoms with E-state index < -0.39 is 0 Å². The van der Waals surface area contributed by atoms with E-state index in [4.69, 9.17) is 21.1 Å². The Morgan fingerprint density at radius 1 is 1.62 bits per heavy atom. The lowest BCUT2D eigenvalue weighted by Gasteiger charge is -2.16. The molecule has 1 aromatic rings. The lowest BCUT2D eigenvalue weighted by Crippen LogP contribution is -2.02. The SMILES string of the molecule is COc1cc(C(C)CO)c(Cl)c2c1OCC2. The van der Waals surface area contributed by atoms with Gasteiger partial charge in [0, 0.05) is 24.5 Å². The van der Waals surface area contributed by atoms with Crippen LogP contribution in [0.1, 0.15) is 24.0 Å². The van der Waals surface area contributed by atoms with Crippen molar-refractivity contribution in [2.75, 3.05) is 20.3 Å². The molecule has 0 saturated heterocycles. The average molecular weight is 243 g/mol. The molecule has 4 heteroatoms. The maximum atomic E-state index is 9.19. The summed E-state index contributed by atoms with van der Waals surface area (Å²) >= 11 is 6.31. The summed E-state index contributed by atoms with van der Waals surface area (Å²) in [4.78, 5) is 0. The molecular formula is C12H15ClO3. The highest BCUT2D eigenvalue weighted by molar-refractivity contribution is 6.32. The van der Waals surface area contributed by atoms with Gasteiger partial charge in [0.05, 0.1) is 18.7 Å². The molecule has 2 rings (SSSR count). The Bertz CT molecular complexity index is 404. The fraction of sp³-hybridized carbons (Fsp3) is 0.500. The summed E-state index contributed by atoms with van der Waals surface area (Å²) in [5.41, 5.74) is 1.92. The van der Waals surface area contributed by atoms with Gasteiger partial charge in [-0.15, -0.1) is 0 Å². The Kier molecular flexibility index (Phi) is 3.26. The monoisotopic (exact) mass is 242 g/mol. The van der Waals surface area contributed by atoms with Crippen LogP contribution in [0.4, 0.5) is 0 Å². The number of methoxy groups -OCH3 is 1. The van der Waals surface area contributed by atoms with E-state index in [0.29, 0.717) is 17.4 Å². The number of hydrogen-bond donors (Lipinski definition) is 1. The minimum absolute atomic E-state index is 0.00676. The third-order valence-electron chi connectivity index (χ3n) is 2.93. The third kappa shape index (κ3) is 1.74. The zero-order valence-corrected chi connectivity index (χ0v) is 10.2. The molecule has 0 aliphatic carbocycles. The highest BCUT2D eigenvalue weighted by Crippen LogP contribution is 2.43. The highest BCUT2D eigenvalue weighted by Gasteiger charge is 2.24. The maximum Gasteiger partial charge on any atom is 0.165 e. The smallest absolute Gasteiger partial charge is 0.165 e. The third-order valence-corrected chi connectivity index (χ3v) is 3.37. The zero-order chi connectivity index (χ0) is 11.7. The Balaban J connectivity index is 2.55. The zero-order valence-electron chi connectivity index (χ0n) is 9.42. The fourth-order valence-electron chi connectivity index (χ4n) is 1.94. The molecule has 1 aliphatic rings. The molecule has 0 radical (unpaired) electrons. The molecule has 16 heavy (non-hydrogen) atoms. The number of benzene rings is 1. The molecule has 1 heterocycles. The summed E-state index contributed by atoms with van der Waals surface area (Å²) < 4.78 is 10.8. The molecule has 0 saturated carbocycles. The van der Waals surface area contributed by atoms with Crippen molar-refractivity contribution in [3.05, 3.63) is 22.2 Å². The predicted molar refractivity (Wildman–Crippen MR) is 62.7 cm³/mol. The number of ether oxygens (including phenoxy) is 2. The molecule has 0 aromatic heterocycles. The van der Waals surface area contributed by atoms with E-state index in [1.165, 1.54) is 0 Å². The van der Waals surface area contributed by atoms with Crippen molar-refractivity contribution in [2.45, 2.75) is 19.3 Å². The second-order valence-electron chi connectivity index (χ2n) is 3.97. The van der Waals surface area contributed by atoms with Crippen molar-refractivity contribution in [2.24, 2.45) is 0 Å². The number of aliphatic hydroxyl groups excluding tert-OH is 1. The van der Waals surface area contributed by atoms with Gasteiger partial charge in [-0.2, -0.15) is 0 Å². The van der Waals surface area contributed by atoms with Crippen LogP contribution >= 0.6 is 11.6 Å². The van der Waals surface area contributed by atoms with Crippen LogP contribution in [0.25, 0.3) is 0 Å². The second kappa shape index (κ2) is 4.52. The van der Waals surface area contributed by atoms with Crippen molar-refractivity contribution in [1.82, 2.24) is 0 Å². The second-order valence-corrected chi connectivity index (χ2v) is 4.35. The van der Waals surface area contributed by atoms with Gasteiger partial charge in [-0.05, 0) is 11.6 Å². The molecule has 1 N–H and O–H groups in total. The van der Waals surface area contributed by atoms with E-state index in [9.17, 15) is 5.11 Å². The van der Waals surface area contributed by atoms with E-state index in [1.54, 1.807) is 7.11 Å². The first-order valence-corrected chi connectivity index (χ1v) is 5.69. The van der Waals surface area contributed by atoms with Crippen LogP contribution in [-0.4, -0.2) is 25.4 Å². The largest absolute Gasteiger partial charge is 0.493 e. The van der Waals surface area contributed by atoms with Gasteiger partial charge in [0.15, 0.2) is 11.5 Å². The van der Waals surface area contributed by atoms with Crippen LogP contribution in [0.5, 0.6) is 11.5 Å². The van der Waals surface area contributed by atoms with Gasteiger partial charge in [0.1, 0.15) is 0 Å². The number of rotatable bonds is 3. The number of halogens is 1. The number of aliphatic hydroxyl groups is 1. The highest BCUT2D eigenvalue weighted by atomic mass is 35.5. The summed E-state index contributed by atoms with van der Waals surface area (Å²) in [6, 6.07) is 1.85. The van der Waals surface area contributed by atoms with Gasteiger partial charge in [0.2, 0.25) is 0 Å². The van der Waals surface area contributed by atoms with E-state index >= 15 is 0 Å². The summed E-state index contributed by atoms with van der Waals surface area (Å²) in [5, 5.41) is 9.90. The van der Waals surface area contributed by atoms with E-state index in [1.807, 2.05) is 13.0 Å². The van der Waals surface area contributed by atoms with Crippen LogP contribution in [0.15, 0.2) is 6.07 Å². The minimum atomic E-state index is 0.00676. The van der Waals surface area contributed by atoms with Crippen molar-refractivity contribution in [1.29, 1.82) is 0 Å². The first kappa shape index (κ1) is 11.6. The molecule has 1 atom stereocenters. The normalized spacial score (nSPS) is 15.5. The molecule has 1 aliphatic heterocycles. The summed E-state index contributed by atoms with van der Waals surface area (Å²) in [7, 11) is 1.61.